The number of nitrogens with zero attached hydrogens (tertiary/aromatic N) is 3. The molecule has 0 spiro atoms. The predicted octanol–water partition coefficient (Wildman–Crippen LogP) is 3.04. The third-order valence-corrected chi connectivity index (χ3v) is 5.36. The van der Waals surface area contributed by atoms with Gasteiger partial charge >= 0.3 is 12.3 Å². The lowest BCUT2D eigenvalue weighted by molar-refractivity contribution is -0.200. The number of ether oxygens (including phenoxy) is 2. The van der Waals surface area contributed by atoms with Crippen molar-refractivity contribution in [3.05, 3.63) is 29.3 Å². The van der Waals surface area contributed by atoms with Gasteiger partial charge in [-0.15, -0.1) is 0 Å². The van der Waals surface area contributed by atoms with Crippen molar-refractivity contribution in [3.8, 4) is 0 Å². The van der Waals surface area contributed by atoms with Crippen LogP contribution in [-0.2, 0) is 16.0 Å². The second-order valence-corrected chi connectivity index (χ2v) is 7.56. The van der Waals surface area contributed by atoms with Gasteiger partial charge in [0.1, 0.15) is 0 Å². The molecule has 0 N–H and O–H groups in total. The zero-order chi connectivity index (χ0) is 21.0. The first kappa shape index (κ1) is 21.7. The van der Waals surface area contributed by atoms with E-state index >= 15 is 0 Å². The van der Waals surface area contributed by atoms with Gasteiger partial charge in [-0.05, 0) is 31.0 Å². The molecule has 3 rings (SSSR count). The summed E-state index contributed by atoms with van der Waals surface area (Å²) in [7, 11) is 0. The number of halogens is 3. The molecule has 2 aliphatic rings. The number of aryl methyl sites for hydroxylation is 1. The molecule has 6 nitrogen and oxygen atoms in total. The van der Waals surface area contributed by atoms with E-state index in [9.17, 15) is 18.0 Å². The molecule has 162 valence electrons. The van der Waals surface area contributed by atoms with Crippen LogP contribution in [0.1, 0.15) is 18.1 Å². The summed E-state index contributed by atoms with van der Waals surface area (Å²) in [6.45, 7) is 8.66. The van der Waals surface area contributed by atoms with Crippen molar-refractivity contribution in [1.29, 1.82) is 0 Å². The van der Waals surface area contributed by atoms with Crippen molar-refractivity contribution in [2.24, 2.45) is 0 Å². The van der Waals surface area contributed by atoms with E-state index in [4.69, 9.17) is 4.74 Å². The fraction of sp³-hybridized carbons (Fsp3) is 0.650. The Morgan fingerprint density at radius 3 is 2.41 bits per heavy atom. The lowest BCUT2D eigenvalue weighted by Gasteiger charge is -2.36. The number of benzene rings is 1. The van der Waals surface area contributed by atoms with Crippen molar-refractivity contribution in [2.75, 3.05) is 57.4 Å². The van der Waals surface area contributed by atoms with Crippen molar-refractivity contribution in [3.63, 3.8) is 0 Å². The maximum absolute atomic E-state index is 12.6. The molecule has 2 aliphatic heterocycles. The number of anilines is 1. The van der Waals surface area contributed by atoms with Crippen molar-refractivity contribution < 1.29 is 27.4 Å². The quantitative estimate of drug-likeness (QED) is 0.757. The summed E-state index contributed by atoms with van der Waals surface area (Å²) >= 11 is 0. The molecule has 2 saturated heterocycles. The average Bonchev–Trinajstić information content (AvgIpc) is 2.69. The minimum absolute atomic E-state index is 0.349. The van der Waals surface area contributed by atoms with Gasteiger partial charge in [0.15, 0.2) is 6.10 Å². The highest BCUT2D eigenvalue weighted by Gasteiger charge is 2.40. The third kappa shape index (κ3) is 5.76. The molecule has 0 saturated carbocycles. The van der Waals surface area contributed by atoms with Gasteiger partial charge < -0.3 is 19.3 Å². The molecular weight excluding hydrogens is 387 g/mol. The molecule has 2 fully saturated rings. The Hall–Kier alpha value is -2.00. The topological polar surface area (TPSA) is 45.2 Å². The van der Waals surface area contributed by atoms with Gasteiger partial charge in [-0.2, -0.15) is 13.2 Å². The minimum atomic E-state index is -4.54. The van der Waals surface area contributed by atoms with E-state index in [1.807, 2.05) is 0 Å². The van der Waals surface area contributed by atoms with Crippen molar-refractivity contribution in [2.45, 2.75) is 32.7 Å². The Morgan fingerprint density at radius 2 is 1.79 bits per heavy atom. The Labute approximate surface area is 169 Å². The zero-order valence-electron chi connectivity index (χ0n) is 16.9. The van der Waals surface area contributed by atoms with E-state index < -0.39 is 18.4 Å². The summed E-state index contributed by atoms with van der Waals surface area (Å²) in [5.41, 5.74) is 3.61. The summed E-state index contributed by atoms with van der Waals surface area (Å²) in [6.07, 6.45) is -7.55. The molecule has 0 radical (unpaired) electrons. The van der Waals surface area contributed by atoms with Crippen LogP contribution in [0.3, 0.4) is 0 Å². The molecule has 9 heteroatoms. The summed E-state index contributed by atoms with van der Waals surface area (Å²) in [4.78, 5) is 17.9. The van der Waals surface area contributed by atoms with Crippen LogP contribution in [0.25, 0.3) is 0 Å². The van der Waals surface area contributed by atoms with Crippen LogP contribution >= 0.6 is 0 Å². The van der Waals surface area contributed by atoms with Crippen LogP contribution in [0.15, 0.2) is 18.2 Å². The molecule has 1 atom stereocenters. The number of morpholine rings is 1. The third-order valence-electron chi connectivity index (χ3n) is 5.36. The number of carbonyl (C=O) groups is 1. The van der Waals surface area contributed by atoms with Crippen LogP contribution in [0.4, 0.5) is 23.7 Å². The first-order chi connectivity index (χ1) is 13.7. The van der Waals surface area contributed by atoms with Crippen molar-refractivity contribution >= 4 is 11.8 Å². The lowest BCUT2D eigenvalue weighted by atomic mass is 10.1. The summed E-state index contributed by atoms with van der Waals surface area (Å²) in [6, 6.07) is 6.41. The van der Waals surface area contributed by atoms with Crippen LogP contribution in [0.2, 0.25) is 0 Å². The SMILES string of the molecule is Cc1ccc(CN2CCN(C(=O)OC(C)C(F)(F)F)CC2)c(N2CCOCC2)c1. The number of alkyl halides is 3. The second-order valence-electron chi connectivity index (χ2n) is 7.56. The van der Waals surface area contributed by atoms with Gasteiger partial charge in [0.2, 0.25) is 0 Å². The van der Waals surface area contributed by atoms with Crippen LogP contribution < -0.4 is 4.90 Å². The van der Waals surface area contributed by atoms with Crippen LogP contribution in [0, 0.1) is 6.92 Å². The number of hydrogen-bond donors (Lipinski definition) is 0. The summed E-state index contributed by atoms with van der Waals surface area (Å²) < 4.78 is 47.8. The van der Waals surface area contributed by atoms with Gasteiger partial charge in [-0.3, -0.25) is 4.90 Å². The van der Waals surface area contributed by atoms with Gasteiger partial charge in [-0.25, -0.2) is 4.79 Å². The van der Waals surface area contributed by atoms with Crippen LogP contribution in [0.5, 0.6) is 0 Å². The highest BCUT2D eigenvalue weighted by molar-refractivity contribution is 5.68. The maximum atomic E-state index is 12.6. The van der Waals surface area contributed by atoms with Crippen molar-refractivity contribution in [1.82, 2.24) is 9.80 Å². The van der Waals surface area contributed by atoms with Gasteiger partial charge in [0.25, 0.3) is 0 Å². The molecule has 0 aromatic heterocycles. The van der Waals surface area contributed by atoms with E-state index in [1.54, 1.807) is 0 Å². The second kappa shape index (κ2) is 9.21. The molecule has 29 heavy (non-hydrogen) atoms. The highest BCUT2D eigenvalue weighted by Crippen LogP contribution is 2.26. The molecule has 0 aliphatic carbocycles. The zero-order valence-corrected chi connectivity index (χ0v) is 16.9. The fourth-order valence-corrected chi connectivity index (χ4v) is 3.53. The number of amides is 1. The number of hydrogen-bond acceptors (Lipinski definition) is 5. The average molecular weight is 415 g/mol. The maximum Gasteiger partial charge on any atom is 0.425 e. The first-order valence-corrected chi connectivity index (χ1v) is 9.91. The first-order valence-electron chi connectivity index (χ1n) is 9.91. The Morgan fingerprint density at radius 1 is 1.14 bits per heavy atom. The van der Waals surface area contributed by atoms with Gasteiger partial charge in [0, 0.05) is 51.5 Å². The minimum Gasteiger partial charge on any atom is -0.437 e. The van der Waals surface area contributed by atoms with Gasteiger partial charge in [-0.1, -0.05) is 12.1 Å². The Kier molecular flexibility index (Phi) is 6.89. The predicted molar refractivity (Wildman–Crippen MR) is 103 cm³/mol. The van der Waals surface area contributed by atoms with E-state index in [0.29, 0.717) is 39.4 Å². The molecule has 1 unspecified atom stereocenters. The van der Waals surface area contributed by atoms with Crippen LogP contribution in [-0.4, -0.2) is 80.7 Å². The monoisotopic (exact) mass is 415 g/mol. The fourth-order valence-electron chi connectivity index (χ4n) is 3.53. The standard InChI is InChI=1S/C20H28F3N3O3/c1-15-3-4-17(18(13-15)25-9-11-28-12-10-25)14-24-5-7-26(8-6-24)19(27)29-16(2)20(21,22)23/h3-4,13,16H,5-12,14H2,1-2H3. The molecular formula is C20H28F3N3O3. The largest absolute Gasteiger partial charge is 0.437 e. The van der Waals surface area contributed by atoms with E-state index in [0.717, 1.165) is 26.6 Å². The number of carbonyl (C=O) groups excluding carboxylic acids is 1. The lowest BCUT2D eigenvalue weighted by Crippen LogP contribution is -2.49. The highest BCUT2D eigenvalue weighted by atomic mass is 19.4. The van der Waals surface area contributed by atoms with Gasteiger partial charge in [0.05, 0.1) is 13.2 Å². The number of rotatable bonds is 4. The van der Waals surface area contributed by atoms with E-state index in [2.05, 4.69) is 39.7 Å². The Balaban J connectivity index is 1.56. The van der Waals surface area contributed by atoms with E-state index in [1.165, 1.54) is 21.7 Å². The normalized spacial score (nSPS) is 19.9. The smallest absolute Gasteiger partial charge is 0.425 e. The molecule has 1 amide bonds. The Bertz CT molecular complexity index is 700. The molecule has 1 aromatic rings. The molecule has 2 heterocycles. The summed E-state index contributed by atoms with van der Waals surface area (Å²) in [5.74, 6) is 0. The summed E-state index contributed by atoms with van der Waals surface area (Å²) in [5, 5.41) is 0. The van der Waals surface area contributed by atoms with E-state index in [-0.39, 0.29) is 0 Å². The molecule has 0 bridgehead atoms. The molecule has 1 aromatic carbocycles. The number of piperazine rings is 1.